The lowest BCUT2D eigenvalue weighted by Crippen LogP contribution is -2.31. The minimum Gasteiger partial charge on any atom is -0.497 e. The molecule has 2 atom stereocenters. The summed E-state index contributed by atoms with van der Waals surface area (Å²) >= 11 is 0. The van der Waals surface area contributed by atoms with E-state index >= 15 is 0 Å². The average molecular weight is 381 g/mol. The average Bonchev–Trinajstić information content (AvgIpc) is 2.99. The number of ether oxygens (including phenoxy) is 1. The summed E-state index contributed by atoms with van der Waals surface area (Å²) in [7, 11) is 1.59. The van der Waals surface area contributed by atoms with E-state index in [-0.39, 0.29) is 12.6 Å². The van der Waals surface area contributed by atoms with Crippen molar-refractivity contribution in [2.24, 2.45) is 0 Å². The highest BCUT2D eigenvalue weighted by Crippen LogP contribution is 2.41. The number of methoxy groups -OCH3 is 1. The molecule has 1 saturated heterocycles. The first kappa shape index (κ1) is 19.7. The molecular weight excluding hydrogens is 359 g/mol. The van der Waals surface area contributed by atoms with Crippen LogP contribution in [0.5, 0.6) is 5.75 Å². The first-order valence-corrected chi connectivity index (χ1v) is 8.61. The van der Waals surface area contributed by atoms with Gasteiger partial charge >= 0.3 is 6.18 Å². The highest BCUT2D eigenvalue weighted by atomic mass is 19.4. The zero-order valence-corrected chi connectivity index (χ0v) is 15.2. The van der Waals surface area contributed by atoms with E-state index in [1.54, 1.807) is 19.1 Å². The van der Waals surface area contributed by atoms with E-state index in [4.69, 9.17) is 9.57 Å². The first-order chi connectivity index (χ1) is 12.7. The van der Waals surface area contributed by atoms with Gasteiger partial charge in [-0.2, -0.15) is 18.2 Å². The zero-order chi connectivity index (χ0) is 19.7. The molecule has 1 fully saturated rings. The van der Waals surface area contributed by atoms with E-state index in [2.05, 4.69) is 0 Å². The molecule has 2 aromatic rings. The van der Waals surface area contributed by atoms with E-state index in [0.29, 0.717) is 18.5 Å². The molecular formula is C20H22F3NO3. The Morgan fingerprint density at radius 2 is 1.78 bits per heavy atom. The summed E-state index contributed by atoms with van der Waals surface area (Å²) in [5.41, 5.74) is 0.222. The second-order valence-corrected chi connectivity index (χ2v) is 6.96. The highest BCUT2D eigenvalue weighted by molar-refractivity contribution is 5.29. The second kappa shape index (κ2) is 7.50. The lowest BCUT2D eigenvalue weighted by Gasteiger charge is -2.25. The van der Waals surface area contributed by atoms with Crippen LogP contribution < -0.4 is 4.74 Å². The third kappa shape index (κ3) is 4.43. The molecule has 1 aliphatic rings. The molecule has 2 aromatic carbocycles. The van der Waals surface area contributed by atoms with Gasteiger partial charge in [-0.15, -0.1) is 0 Å². The van der Waals surface area contributed by atoms with Crippen molar-refractivity contribution in [1.82, 2.24) is 5.06 Å². The van der Waals surface area contributed by atoms with Gasteiger partial charge in [-0.05, 0) is 42.3 Å². The van der Waals surface area contributed by atoms with Crippen molar-refractivity contribution in [1.29, 1.82) is 0 Å². The molecule has 3 rings (SSSR count). The van der Waals surface area contributed by atoms with Crippen molar-refractivity contribution in [3.63, 3.8) is 0 Å². The smallest absolute Gasteiger partial charge is 0.416 e. The van der Waals surface area contributed by atoms with Gasteiger partial charge in [-0.1, -0.05) is 24.3 Å². The van der Waals surface area contributed by atoms with Crippen LogP contribution in [-0.4, -0.2) is 29.5 Å². The molecule has 0 radical (unpaired) electrons. The van der Waals surface area contributed by atoms with Crippen LogP contribution in [-0.2, 0) is 17.6 Å². The Morgan fingerprint density at radius 1 is 1.15 bits per heavy atom. The molecule has 0 aliphatic carbocycles. The van der Waals surface area contributed by atoms with Gasteiger partial charge in [0.25, 0.3) is 0 Å². The summed E-state index contributed by atoms with van der Waals surface area (Å²) in [5, 5.41) is 11.4. The van der Waals surface area contributed by atoms with Gasteiger partial charge in [0.05, 0.1) is 25.3 Å². The summed E-state index contributed by atoms with van der Waals surface area (Å²) in [5.74, 6) is 0.737. The molecule has 1 aliphatic heterocycles. The summed E-state index contributed by atoms with van der Waals surface area (Å²) < 4.78 is 43.6. The van der Waals surface area contributed by atoms with E-state index in [1.165, 1.54) is 12.1 Å². The molecule has 0 saturated carbocycles. The molecule has 7 heteroatoms. The fourth-order valence-corrected chi connectivity index (χ4v) is 3.22. The van der Waals surface area contributed by atoms with Crippen LogP contribution >= 0.6 is 0 Å². The van der Waals surface area contributed by atoms with Gasteiger partial charge in [-0.25, -0.2) is 0 Å². The molecule has 0 unspecified atom stereocenters. The van der Waals surface area contributed by atoms with Crippen LogP contribution in [0.3, 0.4) is 0 Å². The maximum atomic E-state index is 12.8. The molecule has 0 amide bonds. The first-order valence-electron chi connectivity index (χ1n) is 8.61. The predicted molar refractivity (Wildman–Crippen MR) is 93.9 cm³/mol. The number of hydroxylamine groups is 2. The van der Waals surface area contributed by atoms with Crippen LogP contribution in [0, 0.1) is 0 Å². The Kier molecular flexibility index (Phi) is 5.46. The Labute approximate surface area is 156 Å². The Morgan fingerprint density at radius 3 is 2.30 bits per heavy atom. The fourth-order valence-electron chi connectivity index (χ4n) is 3.22. The van der Waals surface area contributed by atoms with Gasteiger partial charge in [-0.3, -0.25) is 4.84 Å². The van der Waals surface area contributed by atoms with Crippen LogP contribution in [0.2, 0.25) is 0 Å². The molecule has 1 heterocycles. The number of hydrogen-bond acceptors (Lipinski definition) is 4. The minimum atomic E-state index is -4.37. The number of alkyl halides is 3. The standard InChI is InChI=1S/C20H22F3NO3/c1-19(13-25)11-18(15-5-7-16(8-6-15)20(21,22)23)24(27-19)12-14-3-9-17(26-2)10-4-14/h3-10,18,25H,11-13H2,1-2H3/t18-,19-/m0/s1. The quantitative estimate of drug-likeness (QED) is 0.837. The number of halogens is 3. The summed E-state index contributed by atoms with van der Waals surface area (Å²) in [6.45, 7) is 2.05. The van der Waals surface area contributed by atoms with Crippen LogP contribution in [0.15, 0.2) is 48.5 Å². The lowest BCUT2D eigenvalue weighted by atomic mass is 9.94. The molecule has 146 valence electrons. The summed E-state index contributed by atoms with van der Waals surface area (Å²) in [6, 6.07) is 12.3. The van der Waals surface area contributed by atoms with Gasteiger partial charge in [0.15, 0.2) is 0 Å². The Hall–Kier alpha value is -2.09. The maximum Gasteiger partial charge on any atom is 0.416 e. The van der Waals surface area contributed by atoms with Gasteiger partial charge in [0, 0.05) is 13.0 Å². The van der Waals surface area contributed by atoms with E-state index in [9.17, 15) is 18.3 Å². The fraction of sp³-hybridized carbons (Fsp3) is 0.400. The Bertz CT molecular complexity index is 762. The number of aliphatic hydroxyl groups is 1. The molecule has 27 heavy (non-hydrogen) atoms. The van der Waals surface area contributed by atoms with Crippen molar-refractivity contribution in [3.8, 4) is 5.75 Å². The van der Waals surface area contributed by atoms with Crippen molar-refractivity contribution >= 4 is 0 Å². The molecule has 0 spiro atoms. The summed E-state index contributed by atoms with van der Waals surface area (Å²) in [6.07, 6.45) is -3.89. The number of benzene rings is 2. The third-order valence-corrected chi connectivity index (χ3v) is 4.77. The van der Waals surface area contributed by atoms with E-state index < -0.39 is 17.3 Å². The van der Waals surface area contributed by atoms with Crippen molar-refractivity contribution in [2.75, 3.05) is 13.7 Å². The number of hydrogen-bond donors (Lipinski definition) is 1. The predicted octanol–water partition coefficient (Wildman–Crippen LogP) is 4.34. The van der Waals surface area contributed by atoms with Crippen molar-refractivity contribution in [3.05, 3.63) is 65.2 Å². The molecule has 0 bridgehead atoms. The normalized spacial score (nSPS) is 23.6. The zero-order valence-electron chi connectivity index (χ0n) is 15.2. The van der Waals surface area contributed by atoms with Crippen molar-refractivity contribution < 1.29 is 27.9 Å². The van der Waals surface area contributed by atoms with E-state index in [1.807, 2.05) is 24.3 Å². The molecule has 1 N–H and O–H groups in total. The van der Waals surface area contributed by atoms with Crippen LogP contribution in [0.1, 0.15) is 36.1 Å². The van der Waals surface area contributed by atoms with Gasteiger partial charge < -0.3 is 9.84 Å². The SMILES string of the molecule is COc1ccc(CN2O[C@](C)(CO)C[C@H]2c2ccc(C(F)(F)F)cc2)cc1. The Balaban J connectivity index is 1.83. The third-order valence-electron chi connectivity index (χ3n) is 4.77. The largest absolute Gasteiger partial charge is 0.497 e. The van der Waals surface area contributed by atoms with Crippen LogP contribution in [0.25, 0.3) is 0 Å². The van der Waals surface area contributed by atoms with Crippen LogP contribution in [0.4, 0.5) is 13.2 Å². The second-order valence-electron chi connectivity index (χ2n) is 6.96. The lowest BCUT2D eigenvalue weighted by molar-refractivity contribution is -0.216. The number of nitrogens with zero attached hydrogens (tertiary/aromatic N) is 1. The summed E-state index contributed by atoms with van der Waals surface area (Å²) in [4.78, 5) is 5.95. The van der Waals surface area contributed by atoms with Crippen molar-refractivity contribution in [2.45, 2.75) is 37.7 Å². The monoisotopic (exact) mass is 381 g/mol. The number of rotatable bonds is 5. The van der Waals surface area contributed by atoms with E-state index in [0.717, 1.165) is 23.4 Å². The topological polar surface area (TPSA) is 41.9 Å². The molecule has 4 nitrogen and oxygen atoms in total. The minimum absolute atomic E-state index is 0.177. The van der Waals surface area contributed by atoms with Gasteiger partial charge in [0.1, 0.15) is 11.4 Å². The maximum absolute atomic E-state index is 12.8. The highest BCUT2D eigenvalue weighted by Gasteiger charge is 2.43. The number of aliphatic hydroxyl groups excluding tert-OH is 1. The molecule has 0 aromatic heterocycles. The van der Waals surface area contributed by atoms with Gasteiger partial charge in [0.2, 0.25) is 0 Å².